The Bertz CT molecular complexity index is 1160. The van der Waals surface area contributed by atoms with E-state index in [9.17, 15) is 9.59 Å². The second-order valence-corrected chi connectivity index (χ2v) is 7.46. The molecule has 1 aromatic carbocycles. The van der Waals surface area contributed by atoms with Crippen molar-refractivity contribution in [3.8, 4) is 0 Å². The zero-order valence-electron chi connectivity index (χ0n) is 15.2. The fourth-order valence-electron chi connectivity index (χ4n) is 3.55. The summed E-state index contributed by atoms with van der Waals surface area (Å²) in [6.45, 7) is 5.52. The molecule has 3 aromatic rings. The Morgan fingerprint density at radius 2 is 1.88 bits per heavy atom. The second-order valence-electron chi connectivity index (χ2n) is 7.05. The van der Waals surface area contributed by atoms with E-state index < -0.39 is 0 Å². The highest BCUT2D eigenvalue weighted by atomic mass is 35.5. The van der Waals surface area contributed by atoms with E-state index in [0.717, 1.165) is 22.4 Å². The first-order chi connectivity index (χ1) is 12.3. The van der Waals surface area contributed by atoms with Crippen molar-refractivity contribution < 1.29 is 0 Å². The molecule has 136 valence electrons. The van der Waals surface area contributed by atoms with Crippen molar-refractivity contribution in [2.45, 2.75) is 20.4 Å². The zero-order chi connectivity index (χ0) is 18.7. The van der Waals surface area contributed by atoms with Crippen LogP contribution in [-0.4, -0.2) is 25.2 Å². The van der Waals surface area contributed by atoms with Crippen LogP contribution >= 0.6 is 11.6 Å². The first-order valence-electron chi connectivity index (χ1n) is 8.49. The first kappa shape index (κ1) is 16.9. The van der Waals surface area contributed by atoms with E-state index in [4.69, 9.17) is 11.6 Å². The summed E-state index contributed by atoms with van der Waals surface area (Å²) >= 11 is 6.31. The van der Waals surface area contributed by atoms with Crippen LogP contribution in [0.15, 0.2) is 27.8 Å². The zero-order valence-corrected chi connectivity index (χ0v) is 15.9. The predicted molar refractivity (Wildman–Crippen MR) is 103 cm³/mol. The topological polar surface area (TPSA) is 65.1 Å². The Kier molecular flexibility index (Phi) is 3.73. The highest BCUT2D eigenvalue weighted by Crippen LogP contribution is 2.34. The van der Waals surface area contributed by atoms with Gasteiger partial charge in [-0.1, -0.05) is 24.6 Å². The molecule has 1 aliphatic heterocycles. The number of halogens is 1. The van der Waals surface area contributed by atoms with Crippen LogP contribution in [0.5, 0.6) is 0 Å². The molecule has 0 radical (unpaired) electrons. The van der Waals surface area contributed by atoms with Crippen LogP contribution in [0.25, 0.3) is 11.2 Å². The van der Waals surface area contributed by atoms with Crippen molar-refractivity contribution in [2.75, 3.05) is 11.4 Å². The van der Waals surface area contributed by atoms with Crippen molar-refractivity contribution in [1.29, 1.82) is 0 Å². The minimum atomic E-state index is -0.379. The molecule has 0 saturated carbocycles. The van der Waals surface area contributed by atoms with Crippen molar-refractivity contribution in [3.63, 3.8) is 0 Å². The predicted octanol–water partition coefficient (Wildman–Crippen LogP) is 2.18. The maximum Gasteiger partial charge on any atom is 0.332 e. The third-order valence-electron chi connectivity index (χ3n) is 5.02. The Morgan fingerprint density at radius 1 is 1.15 bits per heavy atom. The molecule has 8 heteroatoms. The minimum absolute atomic E-state index is 0.307. The van der Waals surface area contributed by atoms with E-state index in [1.807, 2.05) is 29.7 Å². The fourth-order valence-corrected chi connectivity index (χ4v) is 3.72. The van der Waals surface area contributed by atoms with Crippen molar-refractivity contribution in [1.82, 2.24) is 18.7 Å². The number of aryl methyl sites for hydroxylation is 2. The third kappa shape index (κ3) is 2.30. The van der Waals surface area contributed by atoms with Crippen LogP contribution in [0.1, 0.15) is 12.5 Å². The van der Waals surface area contributed by atoms with Gasteiger partial charge in [-0.05, 0) is 30.5 Å². The van der Waals surface area contributed by atoms with Crippen LogP contribution in [0.3, 0.4) is 0 Å². The molecule has 3 heterocycles. The van der Waals surface area contributed by atoms with E-state index in [1.165, 1.54) is 11.6 Å². The molecule has 4 rings (SSSR count). The molecule has 2 aromatic heterocycles. The van der Waals surface area contributed by atoms with Crippen molar-refractivity contribution in [2.24, 2.45) is 20.0 Å². The molecule has 1 unspecified atom stereocenters. The minimum Gasteiger partial charge on any atom is -0.312 e. The molecular formula is C18H20ClN5O2. The van der Waals surface area contributed by atoms with Crippen molar-refractivity contribution in [3.05, 3.63) is 49.6 Å². The lowest BCUT2D eigenvalue weighted by atomic mass is 10.1. The highest BCUT2D eigenvalue weighted by Gasteiger charge is 2.29. The van der Waals surface area contributed by atoms with Gasteiger partial charge in [0.15, 0.2) is 11.2 Å². The van der Waals surface area contributed by atoms with E-state index >= 15 is 0 Å². The summed E-state index contributed by atoms with van der Waals surface area (Å²) in [6.07, 6.45) is 0. The Morgan fingerprint density at radius 3 is 2.58 bits per heavy atom. The number of aromatic nitrogens is 4. The molecule has 0 spiro atoms. The van der Waals surface area contributed by atoms with Crippen LogP contribution in [0.2, 0.25) is 5.02 Å². The lowest BCUT2D eigenvalue weighted by Crippen LogP contribution is -2.38. The summed E-state index contributed by atoms with van der Waals surface area (Å²) < 4.78 is 4.47. The van der Waals surface area contributed by atoms with E-state index in [1.54, 1.807) is 7.05 Å². The van der Waals surface area contributed by atoms with Gasteiger partial charge >= 0.3 is 5.69 Å². The molecule has 26 heavy (non-hydrogen) atoms. The lowest BCUT2D eigenvalue weighted by molar-refractivity contribution is 0.458. The fraction of sp³-hybridized carbons (Fsp3) is 0.389. The number of fused-ring (bicyclic) bond motifs is 3. The summed E-state index contributed by atoms with van der Waals surface area (Å²) in [5, 5.41) is 0.687. The molecular weight excluding hydrogens is 354 g/mol. The van der Waals surface area contributed by atoms with Crippen LogP contribution in [0.4, 0.5) is 11.6 Å². The second kappa shape index (κ2) is 5.74. The Labute approximate surface area is 155 Å². The molecule has 0 N–H and O–H groups in total. The largest absolute Gasteiger partial charge is 0.332 e. The highest BCUT2D eigenvalue weighted by molar-refractivity contribution is 6.31. The molecule has 0 amide bonds. The van der Waals surface area contributed by atoms with Crippen LogP contribution in [-0.2, 0) is 20.6 Å². The first-order valence-corrected chi connectivity index (χ1v) is 8.87. The molecule has 1 atom stereocenters. The Hall–Kier alpha value is -2.54. The number of anilines is 2. The van der Waals surface area contributed by atoms with Gasteiger partial charge in [-0.25, -0.2) is 4.79 Å². The lowest BCUT2D eigenvalue weighted by Gasteiger charge is -2.33. The quantitative estimate of drug-likeness (QED) is 0.655. The maximum absolute atomic E-state index is 12.7. The van der Waals surface area contributed by atoms with Crippen LogP contribution in [0, 0.1) is 12.8 Å². The van der Waals surface area contributed by atoms with Gasteiger partial charge in [-0.3, -0.25) is 13.9 Å². The van der Waals surface area contributed by atoms with E-state index in [2.05, 4.69) is 16.8 Å². The van der Waals surface area contributed by atoms with Crippen molar-refractivity contribution >= 4 is 34.4 Å². The summed E-state index contributed by atoms with van der Waals surface area (Å²) in [5.74, 6) is 0.971. The van der Waals surface area contributed by atoms with Gasteiger partial charge in [0.05, 0.1) is 0 Å². The molecule has 0 saturated heterocycles. The summed E-state index contributed by atoms with van der Waals surface area (Å²) in [7, 11) is 3.13. The number of nitrogens with zero attached hydrogens (tertiary/aromatic N) is 5. The maximum atomic E-state index is 12.7. The van der Waals surface area contributed by atoms with Crippen LogP contribution < -0.4 is 16.1 Å². The summed E-state index contributed by atoms with van der Waals surface area (Å²) in [4.78, 5) is 31.7. The number of rotatable bonds is 1. The molecule has 7 nitrogen and oxygen atoms in total. The van der Waals surface area contributed by atoms with Gasteiger partial charge < -0.3 is 9.47 Å². The van der Waals surface area contributed by atoms with Gasteiger partial charge in [-0.15, -0.1) is 0 Å². The average molecular weight is 374 g/mol. The molecule has 0 bridgehead atoms. The van der Waals surface area contributed by atoms with Gasteiger partial charge in [0.25, 0.3) is 5.56 Å². The molecule has 0 aliphatic carbocycles. The monoisotopic (exact) mass is 373 g/mol. The molecule has 1 aliphatic rings. The smallest absolute Gasteiger partial charge is 0.312 e. The number of hydrogen-bond acceptors (Lipinski definition) is 4. The average Bonchev–Trinajstić information content (AvgIpc) is 2.99. The SMILES string of the molecule is Cc1ccc(N2CC(C)Cn3c2nc2c3c(=O)n(C)c(=O)n2C)cc1Cl. The number of imidazole rings is 1. The van der Waals surface area contributed by atoms with E-state index in [0.29, 0.717) is 34.6 Å². The number of benzene rings is 1. The third-order valence-corrected chi connectivity index (χ3v) is 5.43. The van der Waals surface area contributed by atoms with Gasteiger partial charge in [0.2, 0.25) is 5.95 Å². The van der Waals surface area contributed by atoms with Gasteiger partial charge in [-0.2, -0.15) is 4.98 Å². The standard InChI is InChI=1S/C18H20ClN5O2/c1-10-8-23(12-6-5-11(2)13(19)7-12)17-20-15-14(24(17)9-10)16(25)22(4)18(26)21(15)3/h5-7,10H,8-9H2,1-4H3. The van der Waals surface area contributed by atoms with Gasteiger partial charge in [0, 0.05) is 37.9 Å². The van der Waals surface area contributed by atoms with Gasteiger partial charge in [0.1, 0.15) is 0 Å². The molecule has 0 fully saturated rings. The normalized spacial score (nSPS) is 17.0. The Balaban J connectivity index is 2.03. The summed E-state index contributed by atoms with van der Waals surface area (Å²) in [6, 6.07) is 5.88. The van der Waals surface area contributed by atoms with E-state index in [-0.39, 0.29) is 11.2 Å². The summed E-state index contributed by atoms with van der Waals surface area (Å²) in [5.41, 5.74) is 2.09. The number of hydrogen-bond donors (Lipinski definition) is 0.